The Balaban J connectivity index is 1.79. The minimum absolute atomic E-state index is 0.0362. The molecule has 0 saturated carbocycles. The van der Waals surface area contributed by atoms with Crippen LogP contribution < -0.4 is 4.74 Å². The Morgan fingerprint density at radius 3 is 2.75 bits per heavy atom. The second kappa shape index (κ2) is 7.86. The highest BCUT2D eigenvalue weighted by atomic mass is 16.5. The SMILES string of the molecule is COc1ccc(C2CCCCCN2C(=O)/C=C/c2ccco2)cc1. The van der Waals surface area contributed by atoms with Crippen LogP contribution in [-0.2, 0) is 4.79 Å². The molecule has 1 fully saturated rings. The third kappa shape index (κ3) is 3.88. The summed E-state index contributed by atoms with van der Waals surface area (Å²) < 4.78 is 10.5. The van der Waals surface area contributed by atoms with Crippen molar-refractivity contribution < 1.29 is 13.9 Å². The number of rotatable bonds is 4. The number of amides is 1. The molecular weight excluding hydrogens is 302 g/mol. The molecule has 2 aromatic rings. The van der Waals surface area contributed by atoms with Gasteiger partial charge in [0.05, 0.1) is 19.4 Å². The molecule has 4 heteroatoms. The fourth-order valence-corrected chi connectivity index (χ4v) is 3.18. The molecule has 1 unspecified atom stereocenters. The Morgan fingerprint density at radius 1 is 1.21 bits per heavy atom. The first kappa shape index (κ1) is 16.4. The van der Waals surface area contributed by atoms with Crippen molar-refractivity contribution >= 4 is 12.0 Å². The average Bonchev–Trinajstić information content (AvgIpc) is 3.02. The number of methoxy groups -OCH3 is 1. The van der Waals surface area contributed by atoms with Crippen molar-refractivity contribution in [1.82, 2.24) is 4.90 Å². The summed E-state index contributed by atoms with van der Waals surface area (Å²) in [5.74, 6) is 1.57. The number of carbonyl (C=O) groups excluding carboxylic acids is 1. The number of furan rings is 1. The largest absolute Gasteiger partial charge is 0.497 e. The zero-order chi connectivity index (χ0) is 16.8. The van der Waals surface area contributed by atoms with Crippen LogP contribution >= 0.6 is 0 Å². The third-order valence-electron chi connectivity index (χ3n) is 4.47. The fraction of sp³-hybridized carbons (Fsp3) is 0.350. The number of likely N-dealkylation sites (tertiary alicyclic amines) is 1. The lowest BCUT2D eigenvalue weighted by molar-refractivity contribution is -0.128. The lowest BCUT2D eigenvalue weighted by atomic mass is 10.0. The fourth-order valence-electron chi connectivity index (χ4n) is 3.18. The Hall–Kier alpha value is -2.49. The van der Waals surface area contributed by atoms with E-state index >= 15 is 0 Å². The van der Waals surface area contributed by atoms with Gasteiger partial charge in [0.15, 0.2) is 0 Å². The predicted octanol–water partition coefficient (Wildman–Crippen LogP) is 4.45. The molecule has 1 amide bonds. The van der Waals surface area contributed by atoms with E-state index in [1.165, 1.54) is 6.42 Å². The van der Waals surface area contributed by atoms with E-state index in [1.807, 2.05) is 29.2 Å². The summed E-state index contributed by atoms with van der Waals surface area (Å²) in [7, 11) is 1.66. The highest BCUT2D eigenvalue weighted by Crippen LogP contribution is 2.31. The van der Waals surface area contributed by atoms with Crippen LogP contribution in [0.25, 0.3) is 6.08 Å². The summed E-state index contributed by atoms with van der Waals surface area (Å²) >= 11 is 0. The second-order valence-corrected chi connectivity index (χ2v) is 6.02. The van der Waals surface area contributed by atoms with Crippen LogP contribution in [0.15, 0.2) is 53.2 Å². The number of ether oxygens (including phenoxy) is 1. The number of benzene rings is 1. The van der Waals surface area contributed by atoms with Gasteiger partial charge in [-0.15, -0.1) is 0 Å². The molecule has 1 atom stereocenters. The molecule has 24 heavy (non-hydrogen) atoms. The summed E-state index contributed by atoms with van der Waals surface area (Å²) in [5, 5.41) is 0. The molecule has 1 aromatic carbocycles. The molecule has 1 aliphatic rings. The minimum Gasteiger partial charge on any atom is -0.497 e. The lowest BCUT2D eigenvalue weighted by Gasteiger charge is -2.29. The summed E-state index contributed by atoms with van der Waals surface area (Å²) in [6.07, 6.45) is 9.30. The Labute approximate surface area is 142 Å². The van der Waals surface area contributed by atoms with Crippen LogP contribution in [-0.4, -0.2) is 24.5 Å². The summed E-state index contributed by atoms with van der Waals surface area (Å²) in [6, 6.07) is 11.8. The van der Waals surface area contributed by atoms with Gasteiger partial charge in [-0.25, -0.2) is 0 Å². The third-order valence-corrected chi connectivity index (χ3v) is 4.47. The maximum absolute atomic E-state index is 12.7. The van der Waals surface area contributed by atoms with Gasteiger partial charge in [0, 0.05) is 12.6 Å². The molecule has 0 aliphatic carbocycles. The quantitative estimate of drug-likeness (QED) is 0.780. The monoisotopic (exact) mass is 325 g/mol. The van der Waals surface area contributed by atoms with E-state index in [1.54, 1.807) is 25.5 Å². The van der Waals surface area contributed by atoms with Crippen LogP contribution in [0.4, 0.5) is 0 Å². The molecule has 0 bridgehead atoms. The molecule has 1 saturated heterocycles. The predicted molar refractivity (Wildman–Crippen MR) is 93.7 cm³/mol. The topological polar surface area (TPSA) is 42.7 Å². The highest BCUT2D eigenvalue weighted by Gasteiger charge is 2.25. The molecular formula is C20H23NO3. The Kier molecular flexibility index (Phi) is 5.36. The summed E-state index contributed by atoms with van der Waals surface area (Å²) in [5.41, 5.74) is 1.16. The van der Waals surface area contributed by atoms with Gasteiger partial charge >= 0.3 is 0 Å². The Morgan fingerprint density at radius 2 is 2.04 bits per heavy atom. The van der Waals surface area contributed by atoms with Gasteiger partial charge in [0.2, 0.25) is 5.91 Å². The van der Waals surface area contributed by atoms with Gasteiger partial charge in [-0.05, 0) is 48.7 Å². The zero-order valence-electron chi connectivity index (χ0n) is 14.0. The molecule has 1 aliphatic heterocycles. The molecule has 0 spiro atoms. The summed E-state index contributed by atoms with van der Waals surface area (Å²) in [4.78, 5) is 14.7. The maximum atomic E-state index is 12.7. The average molecular weight is 325 g/mol. The normalized spacial score (nSPS) is 18.5. The van der Waals surface area contributed by atoms with Crippen LogP contribution in [0.1, 0.15) is 43.0 Å². The van der Waals surface area contributed by atoms with Gasteiger partial charge in [0.1, 0.15) is 11.5 Å². The van der Waals surface area contributed by atoms with Crippen molar-refractivity contribution in [3.63, 3.8) is 0 Å². The molecule has 1 aromatic heterocycles. The first-order valence-corrected chi connectivity index (χ1v) is 8.44. The van der Waals surface area contributed by atoms with Crippen molar-refractivity contribution in [2.45, 2.75) is 31.7 Å². The van der Waals surface area contributed by atoms with Crippen molar-refractivity contribution in [2.75, 3.05) is 13.7 Å². The van der Waals surface area contributed by atoms with E-state index in [-0.39, 0.29) is 11.9 Å². The number of nitrogens with zero attached hydrogens (tertiary/aromatic N) is 1. The van der Waals surface area contributed by atoms with Gasteiger partial charge < -0.3 is 14.1 Å². The molecule has 126 valence electrons. The van der Waals surface area contributed by atoms with Crippen LogP contribution in [0.5, 0.6) is 5.75 Å². The smallest absolute Gasteiger partial charge is 0.247 e. The van der Waals surface area contributed by atoms with Crippen molar-refractivity contribution in [2.24, 2.45) is 0 Å². The van der Waals surface area contributed by atoms with Crippen LogP contribution in [0, 0.1) is 0 Å². The number of hydrogen-bond donors (Lipinski definition) is 0. The van der Waals surface area contributed by atoms with E-state index in [0.717, 1.165) is 37.1 Å². The van der Waals surface area contributed by atoms with Gasteiger partial charge in [-0.2, -0.15) is 0 Å². The van der Waals surface area contributed by atoms with Gasteiger partial charge in [-0.1, -0.05) is 25.0 Å². The zero-order valence-corrected chi connectivity index (χ0v) is 14.0. The first-order valence-electron chi connectivity index (χ1n) is 8.44. The van der Waals surface area contributed by atoms with Crippen molar-refractivity contribution in [3.8, 4) is 5.75 Å². The number of hydrogen-bond acceptors (Lipinski definition) is 3. The molecule has 4 nitrogen and oxygen atoms in total. The number of carbonyl (C=O) groups is 1. The van der Waals surface area contributed by atoms with E-state index in [0.29, 0.717) is 5.76 Å². The molecule has 0 radical (unpaired) electrons. The molecule has 2 heterocycles. The molecule has 0 N–H and O–H groups in total. The molecule has 3 rings (SSSR count). The van der Waals surface area contributed by atoms with Gasteiger partial charge in [-0.3, -0.25) is 4.79 Å². The van der Waals surface area contributed by atoms with Crippen LogP contribution in [0.3, 0.4) is 0 Å². The maximum Gasteiger partial charge on any atom is 0.247 e. The summed E-state index contributed by atoms with van der Waals surface area (Å²) in [6.45, 7) is 0.790. The highest BCUT2D eigenvalue weighted by molar-refractivity contribution is 5.91. The van der Waals surface area contributed by atoms with E-state index in [9.17, 15) is 4.79 Å². The first-order chi connectivity index (χ1) is 11.8. The van der Waals surface area contributed by atoms with Gasteiger partial charge in [0.25, 0.3) is 0 Å². The van der Waals surface area contributed by atoms with E-state index < -0.39 is 0 Å². The van der Waals surface area contributed by atoms with Crippen molar-refractivity contribution in [3.05, 3.63) is 60.1 Å². The standard InChI is InChI=1S/C20H23NO3/c1-23-17-10-8-16(9-11-17)19-7-3-2-4-14-21(19)20(22)13-12-18-6-5-15-24-18/h5-6,8-13,15,19H,2-4,7,14H2,1H3/b13-12+. The van der Waals surface area contributed by atoms with Crippen molar-refractivity contribution in [1.29, 1.82) is 0 Å². The van der Waals surface area contributed by atoms with E-state index in [2.05, 4.69) is 12.1 Å². The lowest BCUT2D eigenvalue weighted by Crippen LogP contribution is -2.33. The minimum atomic E-state index is 0.0362. The Bertz CT molecular complexity index is 673. The van der Waals surface area contributed by atoms with E-state index in [4.69, 9.17) is 9.15 Å². The van der Waals surface area contributed by atoms with Crippen LogP contribution in [0.2, 0.25) is 0 Å². The second-order valence-electron chi connectivity index (χ2n) is 6.02.